The molecule has 10 nitrogen and oxygen atoms in total. The van der Waals surface area contributed by atoms with Crippen molar-refractivity contribution in [3.63, 3.8) is 0 Å². The first-order valence-electron chi connectivity index (χ1n) is 49.2. The number of benzene rings is 5. The van der Waals surface area contributed by atoms with Crippen molar-refractivity contribution < 1.29 is 8.83 Å². The van der Waals surface area contributed by atoms with E-state index in [1.165, 1.54) is 203 Å². The van der Waals surface area contributed by atoms with Gasteiger partial charge in [-0.05, 0) is 263 Å². The van der Waals surface area contributed by atoms with Gasteiger partial charge in [0.25, 0.3) is 0 Å². The van der Waals surface area contributed by atoms with Crippen LogP contribution < -0.4 is 24.5 Å². The highest BCUT2D eigenvalue weighted by molar-refractivity contribution is 7.20. The molecule has 17 heterocycles. The molecule has 130 heavy (non-hydrogen) atoms. The standard InChI is InChI=1S/C26H30N2S.2C24H30N2S.C21H23NOS.C20H21NOS/c1-15-6-4-5-7-22(15)28-16(2)24-23(21-8-9-27(3)25(21)29-24)26(28)19-11-17-10-18(13-19)14-20(26)12-17;2*1-14-10-9-11-17-19(14)26-15(2)20-18(16-12-13-25(8)21(16)27-20)24(26,7)23(5,6)22(17,3)4;1-14-8-4-5-9-17(14)22-15(2)19-18(16-10-13-23-20(16)24-19)21(22)11-6-3-7-12-21;1-13-7-3-4-8-16(13)21-14(2)18-17(20(21)10-5-6-11-20)15-9-12-22-19(15)23-18/h4-9,16-20H,10-14H2,1-3H3;2*9-13,15H,1-8H3;4-5,8-10,13,15H,3,6-7,11-12H2,1-2H3;3-4,7-9,12,14H,5-6,10-11H2,1-2H3. The molecule has 6 aliphatic carbocycles. The van der Waals surface area contributed by atoms with Gasteiger partial charge in [-0.25, -0.2) is 0 Å². The number of aromatic nitrogens is 3. The van der Waals surface area contributed by atoms with Crippen LogP contribution in [0.4, 0.5) is 28.4 Å². The molecule has 4 bridgehead atoms. The van der Waals surface area contributed by atoms with E-state index in [1.807, 2.05) is 57.9 Å². The van der Waals surface area contributed by atoms with Crippen molar-refractivity contribution >= 4 is 136 Å². The van der Waals surface area contributed by atoms with E-state index in [9.17, 15) is 0 Å². The number of rotatable bonds is 3. The number of aryl methyl sites for hydroxylation is 8. The molecule has 0 amide bonds. The number of thiophene rings is 5. The van der Waals surface area contributed by atoms with Crippen LogP contribution in [0.5, 0.6) is 0 Å². The van der Waals surface area contributed by atoms with Crippen molar-refractivity contribution in [2.45, 2.75) is 297 Å². The van der Waals surface area contributed by atoms with Gasteiger partial charge in [-0.1, -0.05) is 178 Å². The zero-order valence-corrected chi connectivity index (χ0v) is 85.3. The third-order valence-electron chi connectivity index (χ3n) is 37.8. The van der Waals surface area contributed by atoms with Crippen molar-refractivity contribution in [3.05, 3.63) is 262 Å². The second kappa shape index (κ2) is 29.4. The molecule has 10 aromatic heterocycles. The second-order valence-electron chi connectivity index (χ2n) is 44.5. The normalized spacial score (nSPS) is 27.8. The Morgan fingerprint density at radius 3 is 1.02 bits per heavy atom. The quantitative estimate of drug-likeness (QED) is 0.175. The molecule has 0 N–H and O–H groups in total. The van der Waals surface area contributed by atoms with Gasteiger partial charge in [0.15, 0.2) is 9.79 Å². The fourth-order valence-corrected chi connectivity index (χ4v) is 37.0. The highest BCUT2D eigenvalue weighted by Crippen LogP contribution is 2.75. The lowest BCUT2D eigenvalue weighted by Crippen LogP contribution is -2.62. The molecule has 7 unspecified atom stereocenters. The van der Waals surface area contributed by atoms with Crippen LogP contribution in [0.2, 0.25) is 0 Å². The summed E-state index contributed by atoms with van der Waals surface area (Å²) in [7, 11) is 6.57. The van der Waals surface area contributed by atoms with Gasteiger partial charge in [0.2, 0.25) is 0 Å². The van der Waals surface area contributed by atoms with E-state index >= 15 is 0 Å². The summed E-state index contributed by atoms with van der Waals surface area (Å²) in [5.74, 6) is 3.62. The van der Waals surface area contributed by atoms with Crippen molar-refractivity contribution in [1.29, 1.82) is 0 Å². The van der Waals surface area contributed by atoms with E-state index < -0.39 is 0 Å². The van der Waals surface area contributed by atoms with Crippen LogP contribution in [-0.2, 0) is 59.7 Å². The Bertz CT molecular complexity index is 6840. The summed E-state index contributed by atoms with van der Waals surface area (Å²) in [6, 6.07) is 54.3. The van der Waals surface area contributed by atoms with E-state index in [1.54, 1.807) is 47.8 Å². The van der Waals surface area contributed by atoms with E-state index in [4.69, 9.17) is 8.83 Å². The number of nitrogens with zero attached hydrogens (tertiary/aromatic N) is 8. The van der Waals surface area contributed by atoms with Crippen LogP contribution in [0, 0.1) is 69.1 Å². The fourth-order valence-electron chi connectivity index (χ4n) is 30.4. The highest BCUT2D eigenvalue weighted by Gasteiger charge is 2.69. The average molecular weight is 1820 g/mol. The first-order valence-corrected chi connectivity index (χ1v) is 53.3. The first kappa shape index (κ1) is 85.5. The summed E-state index contributed by atoms with van der Waals surface area (Å²) in [6.07, 6.45) is 29.5. The maximum Gasteiger partial charge on any atom is 0.188 e. The zero-order chi connectivity index (χ0) is 90.4. The van der Waals surface area contributed by atoms with Gasteiger partial charge in [0.1, 0.15) is 14.5 Å². The van der Waals surface area contributed by atoms with E-state index in [2.05, 4.69) is 367 Å². The van der Waals surface area contributed by atoms with E-state index in [-0.39, 0.29) is 49.4 Å². The number of anilines is 5. The minimum absolute atomic E-state index is 0.0377. The molecule has 28 rings (SSSR count). The number of hydrogen-bond donors (Lipinski definition) is 0. The Morgan fingerprint density at radius 2 is 0.638 bits per heavy atom. The minimum Gasteiger partial charge on any atom is -0.454 e. The third-order valence-corrected chi connectivity index (χ3v) is 44.7. The molecule has 15 heteroatoms. The summed E-state index contributed by atoms with van der Waals surface area (Å²) in [4.78, 5) is 28.3. The lowest BCUT2D eigenvalue weighted by Gasteiger charge is -2.64. The van der Waals surface area contributed by atoms with Crippen LogP contribution in [-0.4, -0.2) is 13.7 Å². The van der Waals surface area contributed by atoms with Crippen molar-refractivity contribution in [1.82, 2.24) is 13.7 Å². The maximum absolute atomic E-state index is 5.76. The maximum atomic E-state index is 5.76. The number of fused-ring (bicyclic) bond motifs is 25. The Kier molecular flexibility index (Phi) is 19.3. The Balaban J connectivity index is 0.0000000928. The number of furan rings is 2. The summed E-state index contributed by atoms with van der Waals surface area (Å²) in [5, 5.41) is 7.18. The minimum atomic E-state index is -0.0377. The predicted molar refractivity (Wildman–Crippen MR) is 553 cm³/mol. The molecule has 15 aromatic rings. The largest absolute Gasteiger partial charge is 0.454 e. The average Bonchev–Trinajstić information content (AvgIpc) is 1.48. The molecule has 6 fully saturated rings. The van der Waals surface area contributed by atoms with Gasteiger partial charge in [-0.3, -0.25) is 0 Å². The smallest absolute Gasteiger partial charge is 0.188 e. The number of para-hydroxylation sites is 5. The van der Waals surface area contributed by atoms with Crippen molar-refractivity contribution in [2.75, 3.05) is 24.5 Å². The van der Waals surface area contributed by atoms with Gasteiger partial charge < -0.3 is 47.0 Å². The molecular formula is C115H134N8O2S5. The van der Waals surface area contributed by atoms with Gasteiger partial charge in [-0.2, -0.15) is 0 Å². The summed E-state index contributed by atoms with van der Waals surface area (Å²) < 4.78 is 18.4. The molecule has 13 aliphatic rings. The summed E-state index contributed by atoms with van der Waals surface area (Å²) >= 11 is 9.78. The van der Waals surface area contributed by atoms with Crippen LogP contribution >= 0.6 is 56.7 Å². The van der Waals surface area contributed by atoms with Crippen LogP contribution in [0.1, 0.15) is 315 Å². The van der Waals surface area contributed by atoms with Gasteiger partial charge in [-0.15, -0.1) is 56.7 Å². The topological polar surface area (TPSA) is 57.3 Å². The van der Waals surface area contributed by atoms with Gasteiger partial charge in [0, 0.05) is 158 Å². The highest BCUT2D eigenvalue weighted by atomic mass is 32.1. The van der Waals surface area contributed by atoms with Crippen molar-refractivity contribution in [2.24, 2.45) is 55.6 Å². The Labute approximate surface area is 791 Å². The summed E-state index contributed by atoms with van der Waals surface area (Å²) in [5.41, 5.74) is 26.0. The summed E-state index contributed by atoms with van der Waals surface area (Å²) in [6.45, 7) is 48.2. The zero-order valence-electron chi connectivity index (χ0n) is 81.2. The Morgan fingerprint density at radius 1 is 0.315 bits per heavy atom. The molecular weight excluding hydrogens is 1690 g/mol. The van der Waals surface area contributed by atoms with E-state index in [0.717, 1.165) is 33.5 Å². The van der Waals surface area contributed by atoms with Gasteiger partial charge in [0.05, 0.1) is 70.4 Å². The van der Waals surface area contributed by atoms with Crippen LogP contribution in [0.3, 0.4) is 0 Å². The second-order valence-corrected chi connectivity index (χ2v) is 49.6. The van der Waals surface area contributed by atoms with Gasteiger partial charge >= 0.3 is 0 Å². The predicted octanol–water partition coefficient (Wildman–Crippen LogP) is 32.8. The molecule has 5 aromatic carbocycles. The van der Waals surface area contributed by atoms with Crippen LogP contribution in [0.25, 0.3) is 51.2 Å². The molecule has 0 radical (unpaired) electrons. The molecule has 7 atom stereocenters. The molecule has 3 spiro atoms. The molecule has 0 saturated heterocycles. The monoisotopic (exact) mass is 1820 g/mol. The Hall–Kier alpha value is -8.70. The molecule has 676 valence electrons. The number of hydrogen-bond acceptors (Lipinski definition) is 12. The fraction of sp³-hybridized carbons (Fsp3) is 0.478. The van der Waals surface area contributed by atoms with Crippen molar-refractivity contribution in [3.8, 4) is 0 Å². The third kappa shape index (κ3) is 11.0. The first-order chi connectivity index (χ1) is 62.1. The van der Waals surface area contributed by atoms with Crippen LogP contribution in [0.15, 0.2) is 179 Å². The lowest BCUT2D eigenvalue weighted by atomic mass is 9.47. The molecule has 6 saturated carbocycles. The SMILES string of the molecule is Cc1cccc2c1N1C(C)c3sc4c(ccn4C)c3C1(C)C(C)(C)C2(C)C.Cc1cccc2c1N1C(C)c3sc4c(ccn4C)c3C1(C)C(C)(C)C2(C)C.Cc1ccccc1N1C(C)c2sc3c(ccn3C)c2C12C1CC3CC(C1)CC2C3.Cc1ccccc1N1C(C)c2sc3occc3c2C12CCCC2.Cc1ccccc1N1C(C)c2sc3occc3c2C12CCCCC2. The molecule has 7 aliphatic heterocycles. The lowest BCUT2D eigenvalue weighted by molar-refractivity contribution is -0.0596. The van der Waals surface area contributed by atoms with E-state index in [0.29, 0.717) is 30.2 Å².